The Balaban J connectivity index is 1.82. The first-order valence-electron chi connectivity index (χ1n) is 7.38. The van der Waals surface area contributed by atoms with Crippen LogP contribution in [0.25, 0.3) is 11.0 Å². The molecule has 7 heteroatoms. The van der Waals surface area contributed by atoms with E-state index in [0.717, 1.165) is 6.07 Å². The van der Waals surface area contributed by atoms with Crippen LogP contribution in [0.15, 0.2) is 53.1 Å². The van der Waals surface area contributed by atoms with E-state index in [1.807, 2.05) is 0 Å². The Morgan fingerprint density at radius 1 is 1.20 bits per heavy atom. The highest BCUT2D eigenvalue weighted by Gasteiger charge is 2.33. The fourth-order valence-corrected chi connectivity index (χ4v) is 2.53. The molecule has 25 heavy (non-hydrogen) atoms. The molecule has 0 aliphatic rings. The number of carbonyl (C=O) groups excluding carboxylic acids is 1. The topological polar surface area (TPSA) is 51.5 Å². The number of benzene rings is 2. The molecule has 2 aromatic carbocycles. The Morgan fingerprint density at radius 3 is 2.68 bits per heavy atom. The van der Waals surface area contributed by atoms with Gasteiger partial charge in [-0.3, -0.25) is 4.79 Å². The number of para-hydroxylation sites is 1. The van der Waals surface area contributed by atoms with Crippen molar-refractivity contribution in [1.82, 2.24) is 0 Å². The molecule has 130 valence electrons. The Morgan fingerprint density at radius 2 is 1.96 bits per heavy atom. The number of rotatable bonds is 4. The summed E-state index contributed by atoms with van der Waals surface area (Å²) in [5, 5.41) is 3.00. The van der Waals surface area contributed by atoms with E-state index in [1.165, 1.54) is 31.6 Å². The lowest BCUT2D eigenvalue weighted by atomic mass is 10.1. The number of amides is 1. The average molecular weight is 349 g/mol. The van der Waals surface area contributed by atoms with E-state index in [0.29, 0.717) is 22.3 Å². The van der Waals surface area contributed by atoms with Crippen molar-refractivity contribution in [3.63, 3.8) is 0 Å². The number of ether oxygens (including phenoxy) is 1. The van der Waals surface area contributed by atoms with Crippen LogP contribution in [0.1, 0.15) is 11.1 Å². The number of alkyl halides is 3. The van der Waals surface area contributed by atoms with E-state index in [2.05, 4.69) is 5.32 Å². The molecule has 3 aromatic rings. The van der Waals surface area contributed by atoms with Crippen molar-refractivity contribution in [2.24, 2.45) is 0 Å². The van der Waals surface area contributed by atoms with E-state index in [1.54, 1.807) is 18.2 Å². The average Bonchev–Trinajstić information content (AvgIpc) is 2.96. The van der Waals surface area contributed by atoms with E-state index in [4.69, 9.17) is 9.15 Å². The minimum atomic E-state index is -4.54. The fraction of sp³-hybridized carbons (Fsp3) is 0.167. The van der Waals surface area contributed by atoms with Crippen LogP contribution in [0.5, 0.6) is 5.75 Å². The van der Waals surface area contributed by atoms with Gasteiger partial charge in [0.05, 0.1) is 31.0 Å². The van der Waals surface area contributed by atoms with Gasteiger partial charge < -0.3 is 14.5 Å². The number of hydrogen-bond acceptors (Lipinski definition) is 3. The van der Waals surface area contributed by atoms with Crippen LogP contribution in [0.4, 0.5) is 18.9 Å². The van der Waals surface area contributed by atoms with Gasteiger partial charge in [-0.25, -0.2) is 0 Å². The highest BCUT2D eigenvalue weighted by atomic mass is 19.4. The Kier molecular flexibility index (Phi) is 4.39. The second-order valence-electron chi connectivity index (χ2n) is 5.39. The number of nitrogens with one attached hydrogen (secondary N) is 1. The van der Waals surface area contributed by atoms with Crippen molar-refractivity contribution in [2.45, 2.75) is 12.6 Å². The summed E-state index contributed by atoms with van der Waals surface area (Å²) in [5.74, 6) is 0.0280. The smallest absolute Gasteiger partial charge is 0.418 e. The predicted octanol–water partition coefficient (Wildman–Crippen LogP) is 4.64. The number of fused-ring (bicyclic) bond motifs is 1. The molecular weight excluding hydrogens is 335 g/mol. The number of anilines is 1. The summed E-state index contributed by atoms with van der Waals surface area (Å²) in [6.45, 7) is 0. The highest BCUT2D eigenvalue weighted by molar-refractivity contribution is 5.96. The normalized spacial score (nSPS) is 11.5. The van der Waals surface area contributed by atoms with E-state index in [-0.39, 0.29) is 12.1 Å². The lowest BCUT2D eigenvalue weighted by molar-refractivity contribution is -0.137. The maximum absolute atomic E-state index is 13.0. The molecule has 0 aliphatic heterocycles. The molecule has 1 N–H and O–H groups in total. The minimum absolute atomic E-state index is 0.119. The van der Waals surface area contributed by atoms with Gasteiger partial charge in [-0.1, -0.05) is 12.1 Å². The van der Waals surface area contributed by atoms with Crippen LogP contribution in [0, 0.1) is 0 Å². The zero-order chi connectivity index (χ0) is 18.0. The molecule has 1 aromatic heterocycles. The lowest BCUT2D eigenvalue weighted by Crippen LogP contribution is -2.18. The predicted molar refractivity (Wildman–Crippen MR) is 86.5 cm³/mol. The second kappa shape index (κ2) is 6.51. The minimum Gasteiger partial charge on any atom is -0.497 e. The third kappa shape index (κ3) is 3.60. The van der Waals surface area contributed by atoms with Crippen LogP contribution in [-0.2, 0) is 17.4 Å². The fourth-order valence-electron chi connectivity index (χ4n) is 2.53. The number of hydrogen-bond donors (Lipinski definition) is 1. The molecular formula is C18H14F3NO3. The molecule has 4 nitrogen and oxygen atoms in total. The molecule has 1 amide bonds. The van der Waals surface area contributed by atoms with Gasteiger partial charge >= 0.3 is 6.18 Å². The highest BCUT2D eigenvalue weighted by Crippen LogP contribution is 2.34. The van der Waals surface area contributed by atoms with Crippen molar-refractivity contribution in [1.29, 1.82) is 0 Å². The Hall–Kier alpha value is -2.96. The van der Waals surface area contributed by atoms with Gasteiger partial charge in [-0.2, -0.15) is 13.2 Å². The monoisotopic (exact) mass is 349 g/mol. The summed E-state index contributed by atoms with van der Waals surface area (Å²) in [6, 6.07) is 9.98. The molecule has 3 rings (SSSR count). The summed E-state index contributed by atoms with van der Waals surface area (Å²) in [7, 11) is 1.52. The summed E-state index contributed by atoms with van der Waals surface area (Å²) in [4.78, 5) is 12.2. The first kappa shape index (κ1) is 16.9. The number of methoxy groups -OCH3 is 1. The maximum Gasteiger partial charge on any atom is 0.418 e. The molecule has 0 aliphatic carbocycles. The zero-order valence-corrected chi connectivity index (χ0v) is 13.2. The van der Waals surface area contributed by atoms with Gasteiger partial charge in [0.15, 0.2) is 0 Å². The van der Waals surface area contributed by atoms with Crippen LogP contribution in [0.2, 0.25) is 0 Å². The van der Waals surface area contributed by atoms with Gasteiger partial charge in [-0.05, 0) is 30.3 Å². The Labute approximate surface area is 141 Å². The molecule has 0 saturated carbocycles. The standard InChI is InChI=1S/C18H14F3NO3/c1-24-12-6-7-16-13(9-12)11(10-25-16)8-17(23)22-15-5-3-2-4-14(15)18(19,20)21/h2-7,9-10H,8H2,1H3,(H,22,23). The van der Waals surface area contributed by atoms with Crippen molar-refractivity contribution >= 4 is 22.6 Å². The summed E-state index contributed by atoms with van der Waals surface area (Å²) < 4.78 is 49.5. The van der Waals surface area contributed by atoms with Gasteiger partial charge in [0.2, 0.25) is 5.91 Å². The molecule has 0 unspecified atom stereocenters. The van der Waals surface area contributed by atoms with Crippen molar-refractivity contribution in [3.8, 4) is 5.75 Å². The molecule has 0 saturated heterocycles. The molecule has 0 spiro atoms. The second-order valence-corrected chi connectivity index (χ2v) is 5.39. The Bertz CT molecular complexity index is 915. The zero-order valence-electron chi connectivity index (χ0n) is 13.2. The first-order valence-corrected chi connectivity index (χ1v) is 7.38. The van der Waals surface area contributed by atoms with Crippen LogP contribution >= 0.6 is 0 Å². The van der Waals surface area contributed by atoms with E-state index >= 15 is 0 Å². The van der Waals surface area contributed by atoms with Crippen LogP contribution < -0.4 is 10.1 Å². The van der Waals surface area contributed by atoms with Gasteiger partial charge in [0, 0.05) is 10.9 Å². The summed E-state index contributed by atoms with van der Waals surface area (Å²) in [6.07, 6.45) is -3.24. The molecule has 1 heterocycles. The van der Waals surface area contributed by atoms with Crippen LogP contribution in [-0.4, -0.2) is 13.0 Å². The lowest BCUT2D eigenvalue weighted by Gasteiger charge is -2.13. The van der Waals surface area contributed by atoms with Crippen molar-refractivity contribution < 1.29 is 27.1 Å². The molecule has 0 bridgehead atoms. The molecule has 0 atom stereocenters. The van der Waals surface area contributed by atoms with Gasteiger partial charge in [0.25, 0.3) is 0 Å². The number of carbonyl (C=O) groups is 1. The quantitative estimate of drug-likeness (QED) is 0.746. The van der Waals surface area contributed by atoms with Crippen molar-refractivity contribution in [3.05, 3.63) is 59.9 Å². The molecule has 0 fully saturated rings. The van der Waals surface area contributed by atoms with Crippen molar-refractivity contribution in [2.75, 3.05) is 12.4 Å². The number of halogens is 3. The van der Waals surface area contributed by atoms with Crippen LogP contribution in [0.3, 0.4) is 0 Å². The first-order chi connectivity index (χ1) is 11.9. The summed E-state index contributed by atoms with van der Waals surface area (Å²) in [5.41, 5.74) is -0.0253. The van der Waals surface area contributed by atoms with E-state index < -0.39 is 17.6 Å². The summed E-state index contributed by atoms with van der Waals surface area (Å²) >= 11 is 0. The van der Waals surface area contributed by atoms with Gasteiger partial charge in [-0.15, -0.1) is 0 Å². The SMILES string of the molecule is COc1ccc2occ(CC(=O)Nc3ccccc3C(F)(F)F)c2c1. The third-order valence-electron chi connectivity index (χ3n) is 3.72. The number of furan rings is 1. The molecule has 0 radical (unpaired) electrons. The third-order valence-corrected chi connectivity index (χ3v) is 3.72. The largest absolute Gasteiger partial charge is 0.497 e. The van der Waals surface area contributed by atoms with E-state index in [9.17, 15) is 18.0 Å². The maximum atomic E-state index is 13.0. The van der Waals surface area contributed by atoms with Gasteiger partial charge in [0.1, 0.15) is 11.3 Å².